The van der Waals surface area contributed by atoms with Crippen molar-refractivity contribution < 1.29 is 23.7 Å². The van der Waals surface area contributed by atoms with Crippen LogP contribution < -0.4 is 15.3 Å². The molecule has 8 rings (SSSR count). The van der Waals surface area contributed by atoms with Gasteiger partial charge in [0, 0.05) is 16.6 Å². The van der Waals surface area contributed by atoms with E-state index in [0.717, 1.165) is 15.1 Å². The molecule has 5 heterocycles. The summed E-state index contributed by atoms with van der Waals surface area (Å²) in [5, 5.41) is 18.2. The van der Waals surface area contributed by atoms with Crippen LogP contribution in [0.3, 0.4) is 0 Å². The van der Waals surface area contributed by atoms with E-state index in [1.807, 2.05) is 30.3 Å². The third kappa shape index (κ3) is 3.36. The van der Waals surface area contributed by atoms with Crippen LogP contribution in [0.15, 0.2) is 97.8 Å². The highest BCUT2D eigenvalue weighted by molar-refractivity contribution is 9.10. The highest BCUT2D eigenvalue weighted by Crippen LogP contribution is 2.56. The number of nitrogens with zero attached hydrogens (tertiary/aromatic N) is 4. The minimum Gasteiger partial charge on any atom is -0.463 e. The number of hydrazone groups is 1. The van der Waals surface area contributed by atoms with Crippen molar-refractivity contribution in [2.24, 2.45) is 22.9 Å². The Morgan fingerprint density at radius 1 is 0.857 bits per heavy atom. The van der Waals surface area contributed by atoms with Gasteiger partial charge >= 0.3 is 0 Å². The molecule has 0 spiro atoms. The number of hydrogen-bond donors (Lipinski definition) is 0. The van der Waals surface area contributed by atoms with E-state index in [0.29, 0.717) is 16.7 Å². The fourth-order valence-corrected chi connectivity index (χ4v) is 7.28. The van der Waals surface area contributed by atoms with Crippen LogP contribution in [-0.4, -0.2) is 40.7 Å². The third-order valence-corrected chi connectivity index (χ3v) is 9.14. The Labute approximate surface area is 245 Å². The second-order valence-electron chi connectivity index (χ2n) is 10.7. The number of carbonyl (C=O) groups is 2. The summed E-state index contributed by atoms with van der Waals surface area (Å²) in [6.45, 7) is 0. The Hall–Kier alpha value is -4.68. The number of hydrogen-bond acceptors (Lipinski definition) is 9. The maximum atomic E-state index is 13.8. The van der Waals surface area contributed by atoms with Gasteiger partial charge in [0.15, 0.2) is 0 Å². The van der Waals surface area contributed by atoms with Gasteiger partial charge in [-0.3, -0.25) is 29.5 Å². The number of para-hydroxylation sites is 1. The minimum atomic E-state index is -0.790. The number of nitro benzene ring substituents is 1. The van der Waals surface area contributed by atoms with E-state index >= 15 is 0 Å². The molecule has 3 fully saturated rings. The molecule has 2 amide bonds. The number of halogens is 1. The number of rotatable bonds is 4. The first-order valence-corrected chi connectivity index (χ1v) is 14.0. The van der Waals surface area contributed by atoms with Crippen molar-refractivity contribution >= 4 is 61.5 Å². The number of benzene rings is 3. The van der Waals surface area contributed by atoms with Gasteiger partial charge in [-0.2, -0.15) is 5.10 Å². The van der Waals surface area contributed by atoms with E-state index in [1.165, 1.54) is 30.5 Å². The molecule has 6 atom stereocenters. The molecule has 6 unspecified atom stereocenters. The van der Waals surface area contributed by atoms with E-state index in [4.69, 9.17) is 14.3 Å². The summed E-state index contributed by atoms with van der Waals surface area (Å²) in [7, 11) is 0. The first-order valence-electron chi connectivity index (χ1n) is 13.3. The smallest absolute Gasteiger partial charge is 0.269 e. The zero-order valence-electron chi connectivity index (χ0n) is 21.5. The van der Waals surface area contributed by atoms with E-state index in [-0.39, 0.29) is 22.4 Å². The second kappa shape index (κ2) is 8.91. The number of amides is 2. The second-order valence-corrected chi connectivity index (χ2v) is 11.6. The lowest BCUT2D eigenvalue weighted by atomic mass is 9.70. The predicted octanol–water partition coefficient (Wildman–Crippen LogP) is 4.26. The molecule has 0 N–H and O–H groups in total. The first kappa shape index (κ1) is 25.1. The van der Waals surface area contributed by atoms with E-state index in [9.17, 15) is 24.5 Å². The van der Waals surface area contributed by atoms with Gasteiger partial charge in [0.2, 0.25) is 17.2 Å². The van der Waals surface area contributed by atoms with Crippen LogP contribution >= 0.6 is 15.9 Å². The van der Waals surface area contributed by atoms with Crippen molar-refractivity contribution in [2.75, 3.05) is 9.91 Å². The van der Waals surface area contributed by atoms with Crippen molar-refractivity contribution in [3.05, 3.63) is 109 Å². The molecule has 4 aromatic rings. The fourth-order valence-electron chi connectivity index (χ4n) is 6.91. The highest BCUT2D eigenvalue weighted by atomic mass is 79.9. The molecule has 11 nitrogen and oxygen atoms in total. The Morgan fingerprint density at radius 3 is 2.29 bits per heavy atom. The molecule has 4 aliphatic rings. The highest BCUT2D eigenvalue weighted by Gasteiger charge is 2.72. The number of ether oxygens (including phenoxy) is 1. The van der Waals surface area contributed by atoms with Crippen LogP contribution in [0.2, 0.25) is 0 Å². The number of anilines is 2. The van der Waals surface area contributed by atoms with E-state index in [2.05, 4.69) is 15.9 Å². The molecule has 3 aromatic carbocycles. The van der Waals surface area contributed by atoms with Crippen LogP contribution in [0.1, 0.15) is 5.56 Å². The molecule has 0 radical (unpaired) electrons. The van der Waals surface area contributed by atoms with E-state index in [1.54, 1.807) is 23.2 Å². The number of non-ortho nitro benzene ring substituents is 1. The maximum Gasteiger partial charge on any atom is 0.269 e. The molecule has 3 saturated heterocycles. The maximum absolute atomic E-state index is 13.8. The number of imide groups is 1. The summed E-state index contributed by atoms with van der Waals surface area (Å²) < 4.78 is 13.0. The first-order chi connectivity index (χ1) is 20.3. The van der Waals surface area contributed by atoms with Gasteiger partial charge in [-0.15, -0.1) is 0 Å². The van der Waals surface area contributed by atoms with Crippen molar-refractivity contribution in [1.29, 1.82) is 0 Å². The quantitative estimate of drug-likeness (QED) is 0.186. The number of fused-ring (bicyclic) bond motifs is 9. The Balaban J connectivity index is 1.23. The lowest BCUT2D eigenvalue weighted by Gasteiger charge is -2.32. The van der Waals surface area contributed by atoms with Crippen molar-refractivity contribution in [2.45, 2.75) is 18.2 Å². The normalized spacial score (nSPS) is 27.5. The molecule has 0 saturated carbocycles. The van der Waals surface area contributed by atoms with Gasteiger partial charge in [-0.05, 0) is 42.5 Å². The Bertz CT molecular complexity index is 1930. The van der Waals surface area contributed by atoms with Crippen molar-refractivity contribution in [3.8, 4) is 0 Å². The molecular weight excluding hydrogens is 608 g/mol. The average molecular weight is 627 g/mol. The predicted molar refractivity (Wildman–Crippen MR) is 154 cm³/mol. The van der Waals surface area contributed by atoms with Crippen LogP contribution in [0.25, 0.3) is 11.0 Å². The molecule has 0 aliphatic carbocycles. The molecule has 2 bridgehead atoms. The largest absolute Gasteiger partial charge is 0.463 e. The molecule has 12 heteroatoms. The summed E-state index contributed by atoms with van der Waals surface area (Å²) in [6.07, 6.45) is 0.0131. The molecule has 42 heavy (non-hydrogen) atoms. The standard InChI is InChI=1S/C30H19BrN4O7/c31-14-6-11-20-18(12-14)26(36)19(13-41-20)24-23-25(34(32-24)16-4-2-1-3-5-16)28-22-21(27(23)42-28)29(37)33(30(22)38)15-7-9-17(10-8-15)35(39)40/h1-13,21-23,25,27-28H. The van der Waals surface area contributed by atoms with Crippen LogP contribution in [0.4, 0.5) is 17.1 Å². The summed E-state index contributed by atoms with van der Waals surface area (Å²) in [6, 6.07) is 19.5. The zero-order valence-corrected chi connectivity index (χ0v) is 23.1. The SMILES string of the molecule is O=C1C2C3OC(C2C(=O)N1c1ccc([N+](=O)[O-])cc1)C1C3C(c2coc3ccc(Br)cc3c2=O)=NN1c1ccccc1. The summed E-state index contributed by atoms with van der Waals surface area (Å²) in [5.74, 6) is -2.89. The number of carbonyl (C=O) groups excluding carboxylic acids is 2. The van der Waals surface area contributed by atoms with Crippen molar-refractivity contribution in [1.82, 2.24) is 0 Å². The van der Waals surface area contributed by atoms with Crippen LogP contribution in [-0.2, 0) is 14.3 Å². The summed E-state index contributed by atoms with van der Waals surface area (Å²) >= 11 is 3.42. The fraction of sp³-hybridized carbons (Fsp3) is 0.200. The van der Waals surface area contributed by atoms with E-state index < -0.39 is 52.7 Å². The monoisotopic (exact) mass is 626 g/mol. The lowest BCUT2D eigenvalue weighted by Crippen LogP contribution is -2.50. The molecule has 208 valence electrons. The summed E-state index contributed by atoms with van der Waals surface area (Å²) in [5.41, 5.74) is 1.77. The topological polar surface area (TPSA) is 136 Å². The third-order valence-electron chi connectivity index (χ3n) is 8.64. The molecular formula is C30H19BrN4O7. The number of nitro groups is 1. The van der Waals surface area contributed by atoms with Gasteiger partial charge in [-0.25, -0.2) is 4.90 Å². The summed E-state index contributed by atoms with van der Waals surface area (Å²) in [4.78, 5) is 53.1. The van der Waals surface area contributed by atoms with Gasteiger partial charge in [-0.1, -0.05) is 34.1 Å². The van der Waals surface area contributed by atoms with Gasteiger partial charge < -0.3 is 9.15 Å². The average Bonchev–Trinajstić information content (AvgIpc) is 3.73. The minimum absolute atomic E-state index is 0.142. The molecule has 4 aliphatic heterocycles. The van der Waals surface area contributed by atoms with Crippen molar-refractivity contribution in [3.63, 3.8) is 0 Å². The zero-order chi connectivity index (χ0) is 28.9. The lowest BCUT2D eigenvalue weighted by molar-refractivity contribution is -0.384. The van der Waals surface area contributed by atoms with Gasteiger partial charge in [0.25, 0.3) is 5.69 Å². The Kier molecular flexibility index (Phi) is 5.32. The Morgan fingerprint density at radius 2 is 1.57 bits per heavy atom. The van der Waals surface area contributed by atoms with Crippen LogP contribution in [0, 0.1) is 27.9 Å². The van der Waals surface area contributed by atoms with Gasteiger partial charge in [0.05, 0.1) is 69.0 Å². The molecule has 1 aromatic heterocycles. The van der Waals surface area contributed by atoms with Gasteiger partial charge in [0.1, 0.15) is 11.8 Å². The van der Waals surface area contributed by atoms with Crippen LogP contribution in [0.5, 0.6) is 0 Å².